The molecule has 2 aromatic carbocycles. The Balaban J connectivity index is 1.42. The predicted molar refractivity (Wildman–Crippen MR) is 122 cm³/mol. The van der Waals surface area contributed by atoms with Gasteiger partial charge < -0.3 is 10.1 Å². The fourth-order valence-corrected chi connectivity index (χ4v) is 5.56. The second-order valence-corrected chi connectivity index (χ2v) is 9.97. The standard InChI is InChI=1S/C23H25N3O6S/c1-16(27)18-5-4-6-19(15-18)33(30,31)25-11-9-17(10-12-25)22(28)24-20-7-2-3-8-21(20)26-13-14-32-23(26)29/h2-8,15,17H,9-14H2,1H3,(H,24,28). The van der Waals surface area contributed by atoms with E-state index in [2.05, 4.69) is 5.32 Å². The van der Waals surface area contributed by atoms with Gasteiger partial charge in [0.15, 0.2) is 5.78 Å². The summed E-state index contributed by atoms with van der Waals surface area (Å²) in [5, 5.41) is 2.89. The number of ether oxygens (including phenoxy) is 1. The third kappa shape index (κ3) is 4.76. The molecule has 4 rings (SSSR count). The molecule has 2 aliphatic heterocycles. The highest BCUT2D eigenvalue weighted by Gasteiger charge is 2.33. The van der Waals surface area contributed by atoms with Crippen molar-refractivity contribution >= 4 is 39.2 Å². The molecule has 2 amide bonds. The van der Waals surface area contributed by atoms with Crippen LogP contribution in [0.2, 0.25) is 0 Å². The molecule has 0 spiro atoms. The number of hydrogen-bond acceptors (Lipinski definition) is 6. The lowest BCUT2D eigenvalue weighted by Crippen LogP contribution is -2.41. The summed E-state index contributed by atoms with van der Waals surface area (Å²) in [6.07, 6.45) is 0.278. The van der Waals surface area contributed by atoms with E-state index in [0.717, 1.165) is 0 Å². The Morgan fingerprint density at radius 3 is 2.42 bits per heavy atom. The maximum absolute atomic E-state index is 13.0. The first-order valence-corrected chi connectivity index (χ1v) is 12.2. The van der Waals surface area contributed by atoms with Gasteiger partial charge in [-0.2, -0.15) is 4.31 Å². The summed E-state index contributed by atoms with van der Waals surface area (Å²) >= 11 is 0. The van der Waals surface area contributed by atoms with E-state index in [1.165, 1.54) is 28.3 Å². The van der Waals surface area contributed by atoms with Crippen LogP contribution in [0.15, 0.2) is 53.4 Å². The molecular formula is C23H25N3O6S. The number of carbonyl (C=O) groups excluding carboxylic acids is 3. The maximum Gasteiger partial charge on any atom is 0.414 e. The number of amides is 2. The number of sulfonamides is 1. The minimum atomic E-state index is -3.76. The van der Waals surface area contributed by atoms with Gasteiger partial charge in [-0.15, -0.1) is 0 Å². The fraction of sp³-hybridized carbons (Fsp3) is 0.348. The normalized spacial score (nSPS) is 17.6. The van der Waals surface area contributed by atoms with E-state index in [0.29, 0.717) is 42.9 Å². The van der Waals surface area contributed by atoms with Gasteiger partial charge in [-0.1, -0.05) is 24.3 Å². The summed E-state index contributed by atoms with van der Waals surface area (Å²) in [7, 11) is -3.76. The van der Waals surface area contributed by atoms with Gasteiger partial charge in [-0.25, -0.2) is 13.2 Å². The molecule has 2 fully saturated rings. The number of nitrogens with zero attached hydrogens (tertiary/aromatic N) is 2. The number of ketones is 1. The maximum atomic E-state index is 13.0. The summed E-state index contributed by atoms with van der Waals surface area (Å²) < 4.78 is 32.4. The lowest BCUT2D eigenvalue weighted by molar-refractivity contribution is -0.120. The topological polar surface area (TPSA) is 113 Å². The number of Topliss-reactive ketones (excluding diaryl/α,β-unsaturated/α-hetero) is 1. The van der Waals surface area contributed by atoms with Crippen LogP contribution in [0.3, 0.4) is 0 Å². The molecular weight excluding hydrogens is 446 g/mol. The highest BCUT2D eigenvalue weighted by molar-refractivity contribution is 7.89. The van der Waals surface area contributed by atoms with Gasteiger partial charge in [-0.05, 0) is 44.0 Å². The highest BCUT2D eigenvalue weighted by atomic mass is 32.2. The lowest BCUT2D eigenvalue weighted by atomic mass is 9.97. The fourth-order valence-electron chi connectivity index (χ4n) is 4.04. The van der Waals surface area contributed by atoms with E-state index in [9.17, 15) is 22.8 Å². The van der Waals surface area contributed by atoms with Crippen LogP contribution in [0.5, 0.6) is 0 Å². The van der Waals surface area contributed by atoms with Crippen molar-refractivity contribution in [3.8, 4) is 0 Å². The van der Waals surface area contributed by atoms with Gasteiger partial charge >= 0.3 is 6.09 Å². The molecule has 0 saturated carbocycles. The first-order chi connectivity index (χ1) is 15.8. The summed E-state index contributed by atoms with van der Waals surface area (Å²) in [6, 6.07) is 13.0. The van der Waals surface area contributed by atoms with Gasteiger partial charge in [0.05, 0.1) is 22.8 Å². The molecule has 0 unspecified atom stereocenters. The van der Waals surface area contributed by atoms with Crippen LogP contribution in [-0.2, 0) is 19.6 Å². The number of cyclic esters (lactones) is 1. The van der Waals surface area contributed by atoms with E-state index >= 15 is 0 Å². The van der Waals surface area contributed by atoms with Crippen LogP contribution in [0.25, 0.3) is 0 Å². The van der Waals surface area contributed by atoms with Crippen molar-refractivity contribution in [3.63, 3.8) is 0 Å². The monoisotopic (exact) mass is 471 g/mol. The second kappa shape index (κ2) is 9.32. The van der Waals surface area contributed by atoms with Crippen molar-refractivity contribution < 1.29 is 27.5 Å². The summed E-state index contributed by atoms with van der Waals surface area (Å²) in [5.74, 6) is -0.783. The Hall–Kier alpha value is -3.24. The van der Waals surface area contributed by atoms with E-state index < -0.39 is 16.1 Å². The molecule has 0 aliphatic carbocycles. The number of para-hydroxylation sites is 2. The SMILES string of the molecule is CC(=O)c1cccc(S(=O)(=O)N2CCC(C(=O)Nc3ccccc3N3CCOC3=O)CC2)c1. The number of benzene rings is 2. The third-order valence-corrected chi connectivity index (χ3v) is 7.81. The predicted octanol–water partition coefficient (Wildman–Crippen LogP) is 2.89. The van der Waals surface area contributed by atoms with Gasteiger partial charge in [0.2, 0.25) is 15.9 Å². The molecule has 0 radical (unpaired) electrons. The minimum absolute atomic E-state index is 0.0736. The molecule has 2 heterocycles. The first kappa shape index (κ1) is 22.9. The number of hydrogen-bond donors (Lipinski definition) is 1. The van der Waals surface area contributed by atoms with Gasteiger partial charge in [0, 0.05) is 24.6 Å². The van der Waals surface area contributed by atoms with Crippen LogP contribution in [-0.4, -0.2) is 56.7 Å². The van der Waals surface area contributed by atoms with Crippen LogP contribution in [0.1, 0.15) is 30.1 Å². The van der Waals surface area contributed by atoms with E-state index in [4.69, 9.17) is 4.74 Å². The van der Waals surface area contributed by atoms with Crippen molar-refractivity contribution in [1.29, 1.82) is 0 Å². The highest BCUT2D eigenvalue weighted by Crippen LogP contribution is 2.30. The van der Waals surface area contributed by atoms with Crippen LogP contribution in [0.4, 0.5) is 16.2 Å². The third-order valence-electron chi connectivity index (χ3n) is 5.92. The summed E-state index contributed by atoms with van der Waals surface area (Å²) in [5.41, 5.74) is 1.42. The largest absolute Gasteiger partial charge is 0.447 e. The minimum Gasteiger partial charge on any atom is -0.447 e. The Kier molecular flexibility index (Phi) is 6.48. The lowest BCUT2D eigenvalue weighted by Gasteiger charge is -2.31. The van der Waals surface area contributed by atoms with Crippen molar-refractivity contribution in [3.05, 3.63) is 54.1 Å². The van der Waals surface area contributed by atoms with Gasteiger partial charge in [0.1, 0.15) is 6.61 Å². The van der Waals surface area contributed by atoms with Crippen molar-refractivity contribution in [1.82, 2.24) is 4.31 Å². The average molecular weight is 472 g/mol. The van der Waals surface area contributed by atoms with E-state index in [1.807, 2.05) is 0 Å². The quantitative estimate of drug-likeness (QED) is 0.648. The van der Waals surface area contributed by atoms with Gasteiger partial charge in [-0.3, -0.25) is 14.5 Å². The molecule has 2 saturated heterocycles. The summed E-state index contributed by atoms with van der Waals surface area (Å²) in [6.45, 7) is 2.49. The van der Waals surface area contributed by atoms with E-state index in [-0.39, 0.29) is 35.6 Å². The molecule has 10 heteroatoms. The van der Waals surface area contributed by atoms with Crippen molar-refractivity contribution in [2.45, 2.75) is 24.7 Å². The zero-order chi connectivity index (χ0) is 23.6. The van der Waals surface area contributed by atoms with Crippen LogP contribution < -0.4 is 10.2 Å². The molecule has 0 aromatic heterocycles. The van der Waals surface area contributed by atoms with E-state index in [1.54, 1.807) is 36.4 Å². The molecule has 1 N–H and O–H groups in total. The number of piperidine rings is 1. The number of nitrogens with one attached hydrogen (secondary N) is 1. The Morgan fingerprint density at radius 1 is 1.03 bits per heavy atom. The van der Waals surface area contributed by atoms with Crippen LogP contribution >= 0.6 is 0 Å². The number of rotatable bonds is 6. The first-order valence-electron chi connectivity index (χ1n) is 10.7. The van der Waals surface area contributed by atoms with Crippen molar-refractivity contribution in [2.75, 3.05) is 36.5 Å². The Bertz CT molecular complexity index is 1190. The number of anilines is 2. The molecule has 0 atom stereocenters. The molecule has 9 nitrogen and oxygen atoms in total. The summed E-state index contributed by atoms with van der Waals surface area (Å²) in [4.78, 5) is 38.0. The molecule has 2 aliphatic rings. The Labute approximate surface area is 192 Å². The smallest absolute Gasteiger partial charge is 0.414 e. The van der Waals surface area contributed by atoms with Crippen molar-refractivity contribution in [2.24, 2.45) is 5.92 Å². The molecule has 174 valence electrons. The molecule has 0 bridgehead atoms. The number of carbonyl (C=O) groups is 3. The zero-order valence-corrected chi connectivity index (χ0v) is 19.0. The average Bonchev–Trinajstić information content (AvgIpc) is 3.25. The molecule has 2 aromatic rings. The molecule has 33 heavy (non-hydrogen) atoms. The van der Waals surface area contributed by atoms with Gasteiger partial charge in [0.25, 0.3) is 0 Å². The van der Waals surface area contributed by atoms with Crippen LogP contribution in [0, 0.1) is 5.92 Å². The Morgan fingerprint density at radius 2 is 1.76 bits per heavy atom. The zero-order valence-electron chi connectivity index (χ0n) is 18.2. The second-order valence-electron chi connectivity index (χ2n) is 8.03.